The molecule has 0 aliphatic rings. The first kappa shape index (κ1) is 18.9. The molecule has 0 saturated heterocycles. The van der Waals surface area contributed by atoms with Crippen LogP contribution >= 0.6 is 0 Å². The van der Waals surface area contributed by atoms with Crippen molar-refractivity contribution >= 4 is 17.4 Å². The van der Waals surface area contributed by atoms with Crippen molar-refractivity contribution in [2.24, 2.45) is 0 Å². The molecular formula is C21H14FNO5. The summed E-state index contributed by atoms with van der Waals surface area (Å²) in [6, 6.07) is 18.1. The Morgan fingerprint density at radius 2 is 1.46 bits per heavy atom. The molecule has 3 aromatic carbocycles. The summed E-state index contributed by atoms with van der Waals surface area (Å²) < 4.78 is 18.5. The third-order valence-electron chi connectivity index (χ3n) is 4.01. The quantitative estimate of drug-likeness (QED) is 0.272. The van der Waals surface area contributed by atoms with E-state index >= 15 is 0 Å². The average molecular weight is 379 g/mol. The molecule has 6 nitrogen and oxygen atoms in total. The Kier molecular flexibility index (Phi) is 5.55. The molecule has 0 aliphatic heterocycles. The Hall–Kier alpha value is -3.87. The molecule has 0 unspecified atom stereocenters. The van der Waals surface area contributed by atoms with E-state index in [1.54, 1.807) is 30.3 Å². The molecule has 0 amide bonds. The number of nitrogens with zero attached hydrogens (tertiary/aromatic N) is 1. The van der Waals surface area contributed by atoms with Gasteiger partial charge in [-0.15, -0.1) is 0 Å². The van der Waals surface area contributed by atoms with E-state index in [-0.39, 0.29) is 16.8 Å². The molecular weight excluding hydrogens is 365 g/mol. The topological polar surface area (TPSA) is 86.5 Å². The Labute approximate surface area is 159 Å². The van der Waals surface area contributed by atoms with Gasteiger partial charge in [0, 0.05) is 23.3 Å². The van der Waals surface area contributed by atoms with E-state index in [1.807, 2.05) is 0 Å². The number of ether oxygens (including phenoxy) is 1. The van der Waals surface area contributed by atoms with Gasteiger partial charge >= 0.3 is 5.97 Å². The number of nitro benzene ring substituents is 1. The van der Waals surface area contributed by atoms with Crippen LogP contribution in [0.1, 0.15) is 32.4 Å². The van der Waals surface area contributed by atoms with Crippen molar-refractivity contribution in [3.05, 3.63) is 111 Å². The van der Waals surface area contributed by atoms with Gasteiger partial charge in [-0.3, -0.25) is 14.9 Å². The molecule has 0 spiro atoms. The molecule has 1 atom stereocenters. The SMILES string of the molecule is O=C(O[C@H](C(=O)c1ccccc1)c1ccc([N+](=O)[O-])cc1)c1ccc(F)cc1. The molecule has 0 saturated carbocycles. The van der Waals surface area contributed by atoms with Crippen molar-refractivity contribution in [1.29, 1.82) is 0 Å². The number of ketones is 1. The number of carbonyl (C=O) groups excluding carboxylic acids is 2. The minimum Gasteiger partial charge on any atom is -0.445 e. The first-order valence-electron chi connectivity index (χ1n) is 8.26. The van der Waals surface area contributed by atoms with E-state index in [1.165, 1.54) is 36.4 Å². The number of halogens is 1. The predicted molar refractivity (Wildman–Crippen MR) is 98.4 cm³/mol. The molecule has 0 fully saturated rings. The molecule has 0 heterocycles. The van der Waals surface area contributed by atoms with E-state index in [0.29, 0.717) is 5.56 Å². The highest BCUT2D eigenvalue weighted by atomic mass is 19.1. The average Bonchev–Trinajstić information content (AvgIpc) is 2.72. The Bertz CT molecular complexity index is 1000. The van der Waals surface area contributed by atoms with Gasteiger partial charge in [-0.2, -0.15) is 0 Å². The summed E-state index contributed by atoms with van der Waals surface area (Å²) in [7, 11) is 0. The molecule has 7 heteroatoms. The molecule has 0 aromatic heterocycles. The smallest absolute Gasteiger partial charge is 0.339 e. The van der Waals surface area contributed by atoms with Crippen LogP contribution in [0, 0.1) is 15.9 Å². The summed E-state index contributed by atoms with van der Waals surface area (Å²) in [4.78, 5) is 35.6. The summed E-state index contributed by atoms with van der Waals surface area (Å²) >= 11 is 0. The van der Waals surface area contributed by atoms with Crippen LogP contribution in [0.15, 0.2) is 78.9 Å². The second kappa shape index (κ2) is 8.22. The molecule has 28 heavy (non-hydrogen) atoms. The number of nitro groups is 1. The van der Waals surface area contributed by atoms with E-state index in [0.717, 1.165) is 12.1 Å². The fourth-order valence-corrected chi connectivity index (χ4v) is 2.56. The number of rotatable bonds is 6. The maximum Gasteiger partial charge on any atom is 0.339 e. The third kappa shape index (κ3) is 4.27. The van der Waals surface area contributed by atoms with Gasteiger partial charge in [0.2, 0.25) is 5.78 Å². The van der Waals surface area contributed by atoms with Crippen molar-refractivity contribution in [3.8, 4) is 0 Å². The van der Waals surface area contributed by atoms with Gasteiger partial charge in [0.05, 0.1) is 10.5 Å². The number of esters is 1. The number of hydrogen-bond donors (Lipinski definition) is 0. The van der Waals surface area contributed by atoms with Crippen LogP contribution in [0.2, 0.25) is 0 Å². The van der Waals surface area contributed by atoms with Crippen LogP contribution in [0.25, 0.3) is 0 Å². The van der Waals surface area contributed by atoms with Gasteiger partial charge in [0.15, 0.2) is 6.10 Å². The molecule has 0 aliphatic carbocycles. The Morgan fingerprint density at radius 1 is 0.857 bits per heavy atom. The van der Waals surface area contributed by atoms with Crippen LogP contribution in [0.3, 0.4) is 0 Å². The molecule has 140 valence electrons. The van der Waals surface area contributed by atoms with Gasteiger partial charge < -0.3 is 4.74 Å². The highest BCUT2D eigenvalue weighted by molar-refractivity contribution is 6.02. The summed E-state index contributed by atoms with van der Waals surface area (Å²) in [6.45, 7) is 0. The number of non-ortho nitro benzene ring substituents is 1. The van der Waals surface area contributed by atoms with Gasteiger partial charge in [0.1, 0.15) is 5.82 Å². The van der Waals surface area contributed by atoms with E-state index in [2.05, 4.69) is 0 Å². The summed E-state index contributed by atoms with van der Waals surface area (Å²) in [5.74, 6) is -1.80. The lowest BCUT2D eigenvalue weighted by Gasteiger charge is -2.17. The second-order valence-corrected chi connectivity index (χ2v) is 5.87. The van der Waals surface area contributed by atoms with Gasteiger partial charge in [-0.1, -0.05) is 30.3 Å². The van der Waals surface area contributed by atoms with Crippen molar-refractivity contribution in [2.75, 3.05) is 0 Å². The molecule has 0 radical (unpaired) electrons. The summed E-state index contributed by atoms with van der Waals surface area (Å²) in [6.07, 6.45) is -1.30. The largest absolute Gasteiger partial charge is 0.445 e. The van der Waals surface area contributed by atoms with E-state index in [4.69, 9.17) is 4.74 Å². The lowest BCUT2D eigenvalue weighted by molar-refractivity contribution is -0.384. The third-order valence-corrected chi connectivity index (χ3v) is 4.01. The zero-order valence-electron chi connectivity index (χ0n) is 14.4. The summed E-state index contributed by atoms with van der Waals surface area (Å²) in [5, 5.41) is 10.9. The van der Waals surface area contributed by atoms with Crippen molar-refractivity contribution in [2.45, 2.75) is 6.10 Å². The number of benzene rings is 3. The Morgan fingerprint density at radius 3 is 2.04 bits per heavy atom. The van der Waals surface area contributed by atoms with Crippen molar-refractivity contribution in [1.82, 2.24) is 0 Å². The van der Waals surface area contributed by atoms with E-state index < -0.39 is 28.6 Å². The van der Waals surface area contributed by atoms with Gasteiger partial charge in [-0.25, -0.2) is 9.18 Å². The minimum atomic E-state index is -1.30. The second-order valence-electron chi connectivity index (χ2n) is 5.87. The van der Waals surface area contributed by atoms with Crippen LogP contribution in [0.4, 0.5) is 10.1 Å². The minimum absolute atomic E-state index is 0.0779. The first-order valence-corrected chi connectivity index (χ1v) is 8.26. The van der Waals surface area contributed by atoms with Crippen LogP contribution in [-0.4, -0.2) is 16.7 Å². The monoisotopic (exact) mass is 379 g/mol. The number of hydrogen-bond acceptors (Lipinski definition) is 5. The maximum atomic E-state index is 13.1. The predicted octanol–water partition coefficient (Wildman–Crippen LogP) is 4.51. The van der Waals surface area contributed by atoms with Crippen LogP contribution in [-0.2, 0) is 4.74 Å². The fourth-order valence-electron chi connectivity index (χ4n) is 2.56. The zero-order valence-corrected chi connectivity index (χ0v) is 14.4. The first-order chi connectivity index (χ1) is 13.5. The van der Waals surface area contributed by atoms with Crippen LogP contribution in [0.5, 0.6) is 0 Å². The van der Waals surface area contributed by atoms with Crippen molar-refractivity contribution < 1.29 is 23.6 Å². The maximum absolute atomic E-state index is 13.1. The fraction of sp³-hybridized carbons (Fsp3) is 0.0476. The molecule has 3 rings (SSSR count). The Balaban J connectivity index is 1.94. The van der Waals surface area contributed by atoms with Gasteiger partial charge in [-0.05, 0) is 36.4 Å². The number of Topliss-reactive ketones (excluding diaryl/α,β-unsaturated/α-hetero) is 1. The standard InChI is InChI=1S/C21H14FNO5/c22-17-10-6-16(7-11-17)21(25)28-20(19(24)14-4-2-1-3-5-14)15-8-12-18(13-9-15)23(26)27/h1-13,20H/t20-/m0/s1. The van der Waals surface area contributed by atoms with Crippen LogP contribution < -0.4 is 0 Å². The van der Waals surface area contributed by atoms with Gasteiger partial charge in [0.25, 0.3) is 5.69 Å². The van der Waals surface area contributed by atoms with Crippen molar-refractivity contribution in [3.63, 3.8) is 0 Å². The summed E-state index contributed by atoms with van der Waals surface area (Å²) in [5.41, 5.74) is 0.529. The van der Waals surface area contributed by atoms with E-state index in [9.17, 15) is 24.1 Å². The molecule has 0 bridgehead atoms. The molecule has 3 aromatic rings. The normalized spacial score (nSPS) is 11.5. The lowest BCUT2D eigenvalue weighted by atomic mass is 9.99. The highest BCUT2D eigenvalue weighted by Crippen LogP contribution is 2.26. The highest BCUT2D eigenvalue weighted by Gasteiger charge is 2.27. The number of carbonyl (C=O) groups is 2. The molecule has 0 N–H and O–H groups in total. The lowest BCUT2D eigenvalue weighted by Crippen LogP contribution is -2.20. The zero-order chi connectivity index (χ0) is 20.1.